The van der Waals surface area contributed by atoms with E-state index in [-0.39, 0.29) is 5.92 Å². The van der Waals surface area contributed by atoms with Gasteiger partial charge in [-0.25, -0.2) is 0 Å². The van der Waals surface area contributed by atoms with Crippen LogP contribution in [0, 0.1) is 17.2 Å². The van der Waals surface area contributed by atoms with E-state index in [1.54, 1.807) is 0 Å². The first-order valence-electron chi connectivity index (χ1n) is 2.00. The fraction of sp³-hybridized carbons (Fsp3) is 0.750. The summed E-state index contributed by atoms with van der Waals surface area (Å²) in [7, 11) is 0. The molecule has 0 aliphatic heterocycles. The summed E-state index contributed by atoms with van der Waals surface area (Å²) in [5.74, 6) is 8.19. The Morgan fingerprint density at radius 3 is 1.57 bits per heavy atom. The molecular formula is C4H11N3. The van der Waals surface area contributed by atoms with Gasteiger partial charge in [0.2, 0.25) is 0 Å². The van der Waals surface area contributed by atoms with Crippen LogP contribution in [0.15, 0.2) is 0 Å². The number of nitrogens with zero attached hydrogens (tertiary/aromatic N) is 1. The van der Waals surface area contributed by atoms with E-state index in [2.05, 4.69) is 11.7 Å². The molecule has 7 heavy (non-hydrogen) atoms. The van der Waals surface area contributed by atoms with Gasteiger partial charge in [-0.05, 0) is 13.8 Å². The van der Waals surface area contributed by atoms with Crippen LogP contribution in [0.5, 0.6) is 0 Å². The lowest BCUT2D eigenvalue weighted by atomic mass is 10.3. The topological polar surface area (TPSA) is 75.8 Å². The van der Waals surface area contributed by atoms with Gasteiger partial charge in [0.25, 0.3) is 0 Å². The number of hydrazine groups is 1. The smallest absolute Gasteiger partial charge is 0.0649 e. The van der Waals surface area contributed by atoms with Gasteiger partial charge in [0.05, 0.1) is 6.07 Å². The van der Waals surface area contributed by atoms with Crippen LogP contribution in [0.1, 0.15) is 13.8 Å². The van der Waals surface area contributed by atoms with E-state index in [1.165, 1.54) is 0 Å². The highest BCUT2D eigenvalue weighted by Gasteiger charge is 1.78. The van der Waals surface area contributed by atoms with Gasteiger partial charge >= 0.3 is 0 Å². The molecule has 0 bridgehead atoms. The van der Waals surface area contributed by atoms with Crippen molar-refractivity contribution in [3.63, 3.8) is 0 Å². The summed E-state index contributed by atoms with van der Waals surface area (Å²) >= 11 is 0. The molecule has 0 spiro atoms. The summed E-state index contributed by atoms with van der Waals surface area (Å²) in [6.45, 7) is 3.72. The highest BCUT2D eigenvalue weighted by Crippen LogP contribution is 1.81. The van der Waals surface area contributed by atoms with E-state index in [4.69, 9.17) is 5.26 Å². The van der Waals surface area contributed by atoms with E-state index in [9.17, 15) is 0 Å². The minimum absolute atomic E-state index is 0.190. The van der Waals surface area contributed by atoms with Gasteiger partial charge in [-0.1, -0.05) is 0 Å². The molecule has 0 rings (SSSR count). The molecule has 4 N–H and O–H groups in total. The summed E-state index contributed by atoms with van der Waals surface area (Å²) < 4.78 is 0. The number of nitriles is 1. The third-order valence-corrected chi connectivity index (χ3v) is 0.258. The summed E-state index contributed by atoms with van der Waals surface area (Å²) in [5.41, 5.74) is 0. The standard InChI is InChI=1S/C4H7N.H4N2/c1-4(2)3-5;1-2/h4H,1-2H3;1-2H2. The molecule has 0 aliphatic carbocycles. The van der Waals surface area contributed by atoms with E-state index in [0.29, 0.717) is 0 Å². The molecule has 0 atom stereocenters. The fourth-order valence-corrected chi connectivity index (χ4v) is 0. The zero-order valence-electron chi connectivity index (χ0n) is 4.68. The molecule has 0 aliphatic rings. The first-order valence-corrected chi connectivity index (χ1v) is 2.00. The molecule has 42 valence electrons. The molecule has 3 heteroatoms. The van der Waals surface area contributed by atoms with Gasteiger partial charge in [-0.2, -0.15) is 5.26 Å². The normalized spacial score (nSPS) is 6.29. The van der Waals surface area contributed by atoms with Crippen molar-refractivity contribution in [3.05, 3.63) is 0 Å². The Morgan fingerprint density at radius 2 is 1.57 bits per heavy atom. The number of hydrogen-bond acceptors (Lipinski definition) is 3. The van der Waals surface area contributed by atoms with Gasteiger partial charge in [-0.15, -0.1) is 0 Å². The quantitative estimate of drug-likeness (QED) is 0.332. The van der Waals surface area contributed by atoms with Crippen LogP contribution >= 0.6 is 0 Å². The van der Waals surface area contributed by atoms with Crippen molar-refractivity contribution in [2.45, 2.75) is 13.8 Å². The Labute approximate surface area is 43.9 Å². The minimum Gasteiger partial charge on any atom is -0.274 e. The maximum atomic E-state index is 7.89. The van der Waals surface area contributed by atoms with Crippen molar-refractivity contribution >= 4 is 0 Å². The first kappa shape index (κ1) is 9.65. The van der Waals surface area contributed by atoms with Crippen molar-refractivity contribution in [2.24, 2.45) is 17.6 Å². The fourth-order valence-electron chi connectivity index (χ4n) is 0. The van der Waals surface area contributed by atoms with Gasteiger partial charge < -0.3 is 0 Å². The number of nitrogens with two attached hydrogens (primary N) is 2. The third-order valence-electron chi connectivity index (χ3n) is 0.258. The lowest BCUT2D eigenvalue weighted by Gasteiger charge is -1.75. The monoisotopic (exact) mass is 101 g/mol. The molecular weight excluding hydrogens is 90.1 g/mol. The van der Waals surface area contributed by atoms with Crippen LogP contribution in [0.4, 0.5) is 0 Å². The second-order valence-corrected chi connectivity index (χ2v) is 1.28. The maximum absolute atomic E-state index is 7.89. The number of hydrogen-bond donors (Lipinski definition) is 2. The Bertz CT molecular complexity index is 52.4. The van der Waals surface area contributed by atoms with E-state index >= 15 is 0 Å². The molecule has 0 aromatic rings. The van der Waals surface area contributed by atoms with Crippen molar-refractivity contribution in [3.8, 4) is 6.07 Å². The highest BCUT2D eigenvalue weighted by atomic mass is 15.0. The second-order valence-electron chi connectivity index (χ2n) is 1.28. The summed E-state index contributed by atoms with van der Waals surface area (Å²) in [5, 5.41) is 7.89. The van der Waals surface area contributed by atoms with E-state index < -0.39 is 0 Å². The summed E-state index contributed by atoms with van der Waals surface area (Å²) in [6.07, 6.45) is 0. The van der Waals surface area contributed by atoms with Crippen LogP contribution < -0.4 is 11.7 Å². The van der Waals surface area contributed by atoms with Gasteiger partial charge in [0, 0.05) is 5.92 Å². The third kappa shape index (κ3) is 31.6. The van der Waals surface area contributed by atoms with E-state index in [1.807, 2.05) is 19.9 Å². The summed E-state index contributed by atoms with van der Waals surface area (Å²) in [6, 6.07) is 2.03. The molecule has 0 heterocycles. The Kier molecular flexibility index (Phi) is 12.5. The van der Waals surface area contributed by atoms with Gasteiger partial charge in [-0.3, -0.25) is 11.7 Å². The molecule has 0 unspecified atom stereocenters. The van der Waals surface area contributed by atoms with Crippen LogP contribution in [0.3, 0.4) is 0 Å². The molecule has 0 saturated heterocycles. The molecule has 0 fully saturated rings. The van der Waals surface area contributed by atoms with Crippen molar-refractivity contribution < 1.29 is 0 Å². The second kappa shape index (κ2) is 9.05. The predicted molar refractivity (Wildman–Crippen MR) is 28.8 cm³/mol. The SMILES string of the molecule is CC(C)C#N.NN. The molecule has 3 nitrogen and oxygen atoms in total. The lowest BCUT2D eigenvalue weighted by molar-refractivity contribution is 0.849. The average molecular weight is 101 g/mol. The van der Waals surface area contributed by atoms with Gasteiger partial charge in [0.1, 0.15) is 0 Å². The molecule has 0 aromatic carbocycles. The van der Waals surface area contributed by atoms with Crippen LogP contribution in [0.25, 0.3) is 0 Å². The Balaban J connectivity index is 0. The number of rotatable bonds is 0. The average Bonchev–Trinajstić information content (AvgIpc) is 1.73. The first-order chi connectivity index (χ1) is 3.27. The predicted octanol–water partition coefficient (Wildman–Crippen LogP) is -0.0152. The van der Waals surface area contributed by atoms with E-state index in [0.717, 1.165) is 0 Å². The molecule has 0 saturated carbocycles. The lowest BCUT2D eigenvalue weighted by Crippen LogP contribution is -2.02. The molecule has 0 aromatic heterocycles. The zero-order valence-corrected chi connectivity index (χ0v) is 4.68. The van der Waals surface area contributed by atoms with Crippen molar-refractivity contribution in [1.82, 2.24) is 0 Å². The Hall–Kier alpha value is -0.590. The van der Waals surface area contributed by atoms with Crippen molar-refractivity contribution in [1.29, 1.82) is 5.26 Å². The maximum Gasteiger partial charge on any atom is 0.0649 e. The van der Waals surface area contributed by atoms with Crippen LogP contribution in [-0.4, -0.2) is 0 Å². The summed E-state index contributed by atoms with van der Waals surface area (Å²) in [4.78, 5) is 0. The van der Waals surface area contributed by atoms with Crippen LogP contribution in [-0.2, 0) is 0 Å². The molecule has 0 radical (unpaired) electrons. The molecule has 0 amide bonds. The zero-order chi connectivity index (χ0) is 6.28. The minimum atomic E-state index is 0.190. The largest absolute Gasteiger partial charge is 0.274 e. The highest BCUT2D eigenvalue weighted by molar-refractivity contribution is 4.72. The van der Waals surface area contributed by atoms with Crippen molar-refractivity contribution in [2.75, 3.05) is 0 Å². The van der Waals surface area contributed by atoms with Crippen LogP contribution in [0.2, 0.25) is 0 Å². The van der Waals surface area contributed by atoms with Gasteiger partial charge in [0.15, 0.2) is 0 Å². The Morgan fingerprint density at radius 1 is 1.43 bits per heavy atom.